The lowest BCUT2D eigenvalue weighted by Gasteiger charge is -2.35. The zero-order chi connectivity index (χ0) is 22.6. The molecule has 3 rings (SSSR count). The van der Waals surface area contributed by atoms with Crippen LogP contribution in [0.2, 0.25) is 0 Å². The minimum absolute atomic E-state index is 0.0890. The van der Waals surface area contributed by atoms with E-state index in [0.29, 0.717) is 57.9 Å². The topological polar surface area (TPSA) is 78.9 Å². The third-order valence-electron chi connectivity index (χ3n) is 5.56. The van der Waals surface area contributed by atoms with E-state index < -0.39 is 0 Å². The van der Waals surface area contributed by atoms with E-state index in [9.17, 15) is 9.59 Å². The maximum Gasteiger partial charge on any atom is 0.274 e. The Morgan fingerprint density at radius 2 is 1.84 bits per heavy atom. The van der Waals surface area contributed by atoms with Crippen molar-refractivity contribution in [1.82, 2.24) is 24.7 Å². The predicted molar refractivity (Wildman–Crippen MR) is 122 cm³/mol. The summed E-state index contributed by atoms with van der Waals surface area (Å²) in [6.07, 6.45) is 5.53. The van der Waals surface area contributed by atoms with Gasteiger partial charge >= 0.3 is 0 Å². The van der Waals surface area contributed by atoms with Crippen molar-refractivity contribution >= 4 is 11.8 Å². The number of amides is 2. The van der Waals surface area contributed by atoms with Crippen LogP contribution in [0.5, 0.6) is 0 Å². The van der Waals surface area contributed by atoms with Crippen LogP contribution in [0.1, 0.15) is 35.8 Å². The van der Waals surface area contributed by atoms with E-state index in [1.807, 2.05) is 17.9 Å². The molecule has 8 heteroatoms. The second-order valence-corrected chi connectivity index (χ2v) is 7.83. The lowest BCUT2D eigenvalue weighted by molar-refractivity contribution is -0.133. The number of ether oxygens (including phenoxy) is 1. The van der Waals surface area contributed by atoms with Crippen molar-refractivity contribution in [2.75, 3.05) is 52.5 Å². The first-order chi connectivity index (χ1) is 15.7. The average Bonchev–Trinajstić information content (AvgIpc) is 2.84. The molecule has 0 aliphatic carbocycles. The van der Waals surface area contributed by atoms with Crippen molar-refractivity contribution in [1.29, 1.82) is 0 Å². The van der Waals surface area contributed by atoms with Crippen LogP contribution in [-0.4, -0.2) is 89.0 Å². The van der Waals surface area contributed by atoms with Gasteiger partial charge in [0.25, 0.3) is 5.91 Å². The summed E-state index contributed by atoms with van der Waals surface area (Å²) in [7, 11) is 0. The van der Waals surface area contributed by atoms with E-state index in [1.165, 1.54) is 24.2 Å². The van der Waals surface area contributed by atoms with Gasteiger partial charge in [-0.15, -0.1) is 0 Å². The summed E-state index contributed by atoms with van der Waals surface area (Å²) in [6.45, 7) is 8.11. The molecule has 1 aromatic heterocycles. The van der Waals surface area contributed by atoms with E-state index in [2.05, 4.69) is 39.1 Å². The smallest absolute Gasteiger partial charge is 0.274 e. The molecule has 0 spiro atoms. The number of rotatable bonds is 11. The van der Waals surface area contributed by atoms with Crippen LogP contribution in [0.25, 0.3) is 0 Å². The largest absolute Gasteiger partial charge is 0.382 e. The maximum absolute atomic E-state index is 12.9. The quantitative estimate of drug-likeness (QED) is 0.499. The number of carbonyl (C=O) groups excluding carboxylic acids is 2. The summed E-state index contributed by atoms with van der Waals surface area (Å²) in [4.78, 5) is 39.8. The lowest BCUT2D eigenvalue weighted by Crippen LogP contribution is -2.49. The molecule has 1 fully saturated rings. The number of piperazine rings is 1. The Kier molecular flexibility index (Phi) is 9.59. The fourth-order valence-corrected chi connectivity index (χ4v) is 3.77. The van der Waals surface area contributed by atoms with Crippen LogP contribution in [0.3, 0.4) is 0 Å². The minimum Gasteiger partial charge on any atom is -0.382 e. The van der Waals surface area contributed by atoms with Gasteiger partial charge in [0, 0.05) is 77.8 Å². The Morgan fingerprint density at radius 3 is 2.53 bits per heavy atom. The van der Waals surface area contributed by atoms with Crippen LogP contribution in [0, 0.1) is 0 Å². The monoisotopic (exact) mass is 439 g/mol. The molecule has 0 N–H and O–H groups in total. The van der Waals surface area contributed by atoms with Gasteiger partial charge in [-0.3, -0.25) is 19.5 Å². The Labute approximate surface area is 190 Å². The summed E-state index contributed by atoms with van der Waals surface area (Å²) in [5.41, 5.74) is 1.59. The zero-order valence-corrected chi connectivity index (χ0v) is 18.9. The van der Waals surface area contributed by atoms with Crippen LogP contribution >= 0.6 is 0 Å². The molecule has 0 bridgehead atoms. The fourth-order valence-electron chi connectivity index (χ4n) is 3.77. The number of carbonyl (C=O) groups is 2. The third-order valence-corrected chi connectivity index (χ3v) is 5.56. The van der Waals surface area contributed by atoms with Crippen molar-refractivity contribution in [3.8, 4) is 0 Å². The van der Waals surface area contributed by atoms with Gasteiger partial charge in [0.15, 0.2) is 0 Å². The molecule has 0 atom stereocenters. The van der Waals surface area contributed by atoms with Crippen LogP contribution < -0.4 is 0 Å². The first-order valence-corrected chi connectivity index (χ1v) is 11.3. The highest BCUT2D eigenvalue weighted by Crippen LogP contribution is 2.10. The molecule has 1 saturated heterocycles. The molecule has 0 unspecified atom stereocenters. The average molecular weight is 440 g/mol. The first-order valence-electron chi connectivity index (χ1n) is 11.3. The SMILES string of the molecule is CCOCCCN(CCC(=O)N1CCN(Cc2ccccc2)CC1)C(=O)c1cnccn1. The molecular weight excluding hydrogens is 406 g/mol. The van der Waals surface area contributed by atoms with Gasteiger partial charge in [0.05, 0.1) is 6.20 Å². The van der Waals surface area contributed by atoms with Crippen LogP contribution in [-0.2, 0) is 16.1 Å². The van der Waals surface area contributed by atoms with Gasteiger partial charge < -0.3 is 14.5 Å². The lowest BCUT2D eigenvalue weighted by atomic mass is 10.2. The molecule has 1 aliphatic rings. The van der Waals surface area contributed by atoms with E-state index in [4.69, 9.17) is 4.74 Å². The van der Waals surface area contributed by atoms with Gasteiger partial charge in [-0.25, -0.2) is 4.98 Å². The molecule has 2 aromatic rings. The molecule has 0 saturated carbocycles. The Morgan fingerprint density at radius 1 is 1.06 bits per heavy atom. The van der Waals surface area contributed by atoms with Crippen LogP contribution in [0.4, 0.5) is 0 Å². The normalized spacial score (nSPS) is 14.3. The Balaban J connectivity index is 1.48. The van der Waals surface area contributed by atoms with E-state index >= 15 is 0 Å². The number of aromatic nitrogens is 2. The van der Waals surface area contributed by atoms with Gasteiger partial charge in [-0.05, 0) is 18.9 Å². The second kappa shape index (κ2) is 12.9. The van der Waals surface area contributed by atoms with Gasteiger partial charge in [0.2, 0.25) is 5.91 Å². The summed E-state index contributed by atoms with van der Waals surface area (Å²) < 4.78 is 5.40. The number of hydrogen-bond acceptors (Lipinski definition) is 6. The Bertz CT molecular complexity index is 826. The fraction of sp³-hybridized carbons (Fsp3) is 0.500. The standard InChI is InChI=1S/C24H33N5O3/c1-2-32-18-6-12-29(24(31)22-19-25-10-11-26-22)13-9-23(30)28-16-14-27(15-17-28)20-21-7-4-3-5-8-21/h3-5,7-8,10-11,19H,2,6,9,12-18,20H2,1H3. The predicted octanol–water partition coefficient (Wildman–Crippen LogP) is 2.08. The number of hydrogen-bond donors (Lipinski definition) is 0. The van der Waals surface area contributed by atoms with Gasteiger partial charge in [-0.2, -0.15) is 0 Å². The molecule has 2 amide bonds. The van der Waals surface area contributed by atoms with Crippen molar-refractivity contribution in [2.45, 2.75) is 26.3 Å². The summed E-state index contributed by atoms with van der Waals surface area (Å²) >= 11 is 0. The molecular formula is C24H33N5O3. The van der Waals surface area contributed by atoms with Gasteiger partial charge in [-0.1, -0.05) is 30.3 Å². The van der Waals surface area contributed by atoms with Crippen molar-refractivity contribution in [2.24, 2.45) is 0 Å². The maximum atomic E-state index is 12.9. The molecule has 1 aliphatic heterocycles. The second-order valence-electron chi connectivity index (χ2n) is 7.83. The molecule has 0 radical (unpaired) electrons. The molecule has 32 heavy (non-hydrogen) atoms. The number of nitrogens with zero attached hydrogens (tertiary/aromatic N) is 5. The van der Waals surface area contributed by atoms with Gasteiger partial charge in [0.1, 0.15) is 5.69 Å². The van der Waals surface area contributed by atoms with Crippen LogP contribution in [0.15, 0.2) is 48.9 Å². The Hall–Kier alpha value is -2.84. The molecule has 172 valence electrons. The highest BCUT2D eigenvalue weighted by atomic mass is 16.5. The van der Waals surface area contributed by atoms with Crippen molar-refractivity contribution in [3.05, 3.63) is 60.2 Å². The van der Waals surface area contributed by atoms with E-state index in [1.54, 1.807) is 4.90 Å². The first kappa shape index (κ1) is 23.8. The third kappa shape index (κ3) is 7.39. The molecule has 8 nitrogen and oxygen atoms in total. The molecule has 1 aromatic carbocycles. The van der Waals surface area contributed by atoms with E-state index in [0.717, 1.165) is 19.6 Å². The number of benzene rings is 1. The summed E-state index contributed by atoms with van der Waals surface area (Å²) in [5, 5.41) is 0. The van der Waals surface area contributed by atoms with E-state index in [-0.39, 0.29) is 11.8 Å². The summed E-state index contributed by atoms with van der Waals surface area (Å²) in [5.74, 6) is -0.110. The highest BCUT2D eigenvalue weighted by Gasteiger charge is 2.23. The van der Waals surface area contributed by atoms with Crippen molar-refractivity contribution < 1.29 is 14.3 Å². The summed E-state index contributed by atoms with van der Waals surface area (Å²) in [6, 6.07) is 10.4. The van der Waals surface area contributed by atoms with Crippen molar-refractivity contribution in [3.63, 3.8) is 0 Å². The molecule has 2 heterocycles. The minimum atomic E-state index is -0.199. The zero-order valence-electron chi connectivity index (χ0n) is 18.9. The highest BCUT2D eigenvalue weighted by molar-refractivity contribution is 5.92.